The summed E-state index contributed by atoms with van der Waals surface area (Å²) < 4.78 is 5.68. The normalized spacial score (nSPS) is 10.7. The SMILES string of the molecule is CCCOc1cc(SC)cc(C(C)C)c1. The molecule has 0 bridgehead atoms. The van der Waals surface area contributed by atoms with Crippen LogP contribution in [0.1, 0.15) is 38.7 Å². The van der Waals surface area contributed by atoms with Crippen molar-refractivity contribution in [2.75, 3.05) is 12.9 Å². The first-order chi connectivity index (χ1) is 7.17. The molecule has 0 aliphatic heterocycles. The van der Waals surface area contributed by atoms with Gasteiger partial charge < -0.3 is 4.74 Å². The van der Waals surface area contributed by atoms with E-state index in [0.717, 1.165) is 18.8 Å². The summed E-state index contributed by atoms with van der Waals surface area (Å²) in [6.07, 6.45) is 3.16. The van der Waals surface area contributed by atoms with Gasteiger partial charge in [0.2, 0.25) is 0 Å². The van der Waals surface area contributed by atoms with E-state index in [2.05, 4.69) is 45.2 Å². The van der Waals surface area contributed by atoms with Crippen molar-refractivity contribution < 1.29 is 4.74 Å². The number of thioether (sulfide) groups is 1. The van der Waals surface area contributed by atoms with Crippen LogP contribution in [0.4, 0.5) is 0 Å². The summed E-state index contributed by atoms with van der Waals surface area (Å²) in [5, 5.41) is 0. The van der Waals surface area contributed by atoms with E-state index in [1.54, 1.807) is 11.8 Å². The predicted molar refractivity (Wildman–Crippen MR) is 68.1 cm³/mol. The van der Waals surface area contributed by atoms with E-state index in [1.165, 1.54) is 10.5 Å². The van der Waals surface area contributed by atoms with Crippen molar-refractivity contribution in [3.8, 4) is 5.75 Å². The Morgan fingerprint density at radius 1 is 1.27 bits per heavy atom. The van der Waals surface area contributed by atoms with Crippen LogP contribution in [0.2, 0.25) is 0 Å². The van der Waals surface area contributed by atoms with Crippen molar-refractivity contribution in [1.82, 2.24) is 0 Å². The van der Waals surface area contributed by atoms with Gasteiger partial charge in [0.05, 0.1) is 6.61 Å². The van der Waals surface area contributed by atoms with Crippen LogP contribution in [0, 0.1) is 0 Å². The summed E-state index contributed by atoms with van der Waals surface area (Å²) in [5.74, 6) is 1.56. The van der Waals surface area contributed by atoms with E-state index >= 15 is 0 Å². The van der Waals surface area contributed by atoms with Gasteiger partial charge in [-0.15, -0.1) is 11.8 Å². The van der Waals surface area contributed by atoms with Crippen LogP contribution in [-0.4, -0.2) is 12.9 Å². The maximum atomic E-state index is 5.68. The first-order valence-corrected chi connectivity index (χ1v) is 6.71. The molecule has 0 atom stereocenters. The summed E-state index contributed by atoms with van der Waals surface area (Å²) in [7, 11) is 0. The fourth-order valence-corrected chi connectivity index (χ4v) is 1.84. The standard InChI is InChI=1S/C13H20OS/c1-5-6-14-12-7-11(10(2)3)8-13(9-12)15-4/h7-10H,5-6H2,1-4H3. The average Bonchev–Trinajstić information content (AvgIpc) is 2.25. The molecule has 15 heavy (non-hydrogen) atoms. The third-order valence-corrected chi connectivity index (χ3v) is 2.98. The number of hydrogen-bond donors (Lipinski definition) is 0. The highest BCUT2D eigenvalue weighted by molar-refractivity contribution is 7.98. The zero-order chi connectivity index (χ0) is 11.3. The Morgan fingerprint density at radius 2 is 2.00 bits per heavy atom. The minimum atomic E-state index is 0.557. The van der Waals surface area contributed by atoms with Gasteiger partial charge in [0.15, 0.2) is 0 Å². The molecule has 0 N–H and O–H groups in total. The van der Waals surface area contributed by atoms with Crippen LogP contribution in [0.15, 0.2) is 23.1 Å². The molecule has 0 fully saturated rings. The molecule has 1 aromatic carbocycles. The molecule has 0 saturated heterocycles. The molecular weight excluding hydrogens is 204 g/mol. The van der Waals surface area contributed by atoms with Crippen LogP contribution in [0.25, 0.3) is 0 Å². The van der Waals surface area contributed by atoms with Gasteiger partial charge in [0.25, 0.3) is 0 Å². The average molecular weight is 224 g/mol. The van der Waals surface area contributed by atoms with E-state index in [-0.39, 0.29) is 0 Å². The molecule has 84 valence electrons. The highest BCUT2D eigenvalue weighted by Crippen LogP contribution is 2.27. The minimum Gasteiger partial charge on any atom is -0.494 e. The number of ether oxygens (including phenoxy) is 1. The molecular formula is C13H20OS. The van der Waals surface area contributed by atoms with Crippen molar-refractivity contribution in [1.29, 1.82) is 0 Å². The molecule has 0 aliphatic carbocycles. The smallest absolute Gasteiger partial charge is 0.120 e. The Labute approximate surface area is 97.2 Å². The minimum absolute atomic E-state index is 0.557. The van der Waals surface area contributed by atoms with Crippen LogP contribution >= 0.6 is 11.8 Å². The molecule has 0 amide bonds. The highest BCUT2D eigenvalue weighted by Gasteiger charge is 2.04. The summed E-state index contributed by atoms with van der Waals surface area (Å²) in [6, 6.07) is 6.51. The van der Waals surface area contributed by atoms with Gasteiger partial charge in [-0.3, -0.25) is 0 Å². The Hall–Kier alpha value is -0.630. The van der Waals surface area contributed by atoms with Crippen LogP contribution in [-0.2, 0) is 0 Å². The lowest BCUT2D eigenvalue weighted by Gasteiger charge is -2.11. The summed E-state index contributed by atoms with van der Waals surface area (Å²) in [5.41, 5.74) is 1.35. The number of hydrogen-bond acceptors (Lipinski definition) is 2. The van der Waals surface area contributed by atoms with Gasteiger partial charge in [0.1, 0.15) is 5.75 Å². The van der Waals surface area contributed by atoms with E-state index in [9.17, 15) is 0 Å². The van der Waals surface area contributed by atoms with E-state index in [4.69, 9.17) is 4.74 Å². The second-order valence-corrected chi connectivity index (χ2v) is 4.82. The molecule has 0 spiro atoms. The molecule has 0 heterocycles. The largest absolute Gasteiger partial charge is 0.494 e. The monoisotopic (exact) mass is 224 g/mol. The highest BCUT2D eigenvalue weighted by atomic mass is 32.2. The predicted octanol–water partition coefficient (Wildman–Crippen LogP) is 4.32. The molecule has 0 unspecified atom stereocenters. The second-order valence-electron chi connectivity index (χ2n) is 3.95. The van der Waals surface area contributed by atoms with Crippen molar-refractivity contribution in [2.24, 2.45) is 0 Å². The Morgan fingerprint density at radius 3 is 2.53 bits per heavy atom. The molecule has 0 aromatic heterocycles. The van der Waals surface area contributed by atoms with E-state index < -0.39 is 0 Å². The first kappa shape index (κ1) is 12.4. The molecule has 2 heteroatoms. The Kier molecular flexibility index (Phi) is 5.03. The molecule has 0 aliphatic rings. The van der Waals surface area contributed by atoms with Gasteiger partial charge in [0, 0.05) is 4.90 Å². The zero-order valence-electron chi connectivity index (χ0n) is 10.0. The topological polar surface area (TPSA) is 9.23 Å². The van der Waals surface area contributed by atoms with Crippen LogP contribution in [0.3, 0.4) is 0 Å². The molecule has 1 nitrogen and oxygen atoms in total. The van der Waals surface area contributed by atoms with Gasteiger partial charge in [-0.05, 0) is 42.4 Å². The Balaban J connectivity index is 2.90. The lowest BCUT2D eigenvalue weighted by molar-refractivity contribution is 0.316. The van der Waals surface area contributed by atoms with Crippen molar-refractivity contribution >= 4 is 11.8 Å². The number of rotatable bonds is 5. The maximum absolute atomic E-state index is 5.68. The molecule has 1 aromatic rings. The summed E-state index contributed by atoms with van der Waals surface area (Å²) >= 11 is 1.77. The lowest BCUT2D eigenvalue weighted by Crippen LogP contribution is -1.97. The quantitative estimate of drug-likeness (QED) is 0.689. The molecule has 0 saturated carbocycles. The third kappa shape index (κ3) is 3.78. The molecule has 0 radical (unpaired) electrons. The Bertz CT molecular complexity index is 307. The fourth-order valence-electron chi connectivity index (χ4n) is 1.35. The number of benzene rings is 1. The van der Waals surface area contributed by atoms with Gasteiger partial charge in [-0.2, -0.15) is 0 Å². The van der Waals surface area contributed by atoms with Crippen molar-refractivity contribution in [3.63, 3.8) is 0 Å². The summed E-state index contributed by atoms with van der Waals surface area (Å²) in [6.45, 7) is 7.35. The zero-order valence-corrected chi connectivity index (χ0v) is 10.9. The van der Waals surface area contributed by atoms with Gasteiger partial charge >= 0.3 is 0 Å². The van der Waals surface area contributed by atoms with Crippen LogP contribution < -0.4 is 4.74 Å². The maximum Gasteiger partial charge on any atom is 0.120 e. The third-order valence-electron chi connectivity index (χ3n) is 2.28. The van der Waals surface area contributed by atoms with E-state index in [1.807, 2.05) is 0 Å². The lowest BCUT2D eigenvalue weighted by atomic mass is 10.0. The first-order valence-electron chi connectivity index (χ1n) is 5.49. The second kappa shape index (κ2) is 6.06. The van der Waals surface area contributed by atoms with Gasteiger partial charge in [-0.25, -0.2) is 0 Å². The van der Waals surface area contributed by atoms with Gasteiger partial charge in [-0.1, -0.05) is 20.8 Å². The summed E-state index contributed by atoms with van der Waals surface area (Å²) in [4.78, 5) is 1.28. The van der Waals surface area contributed by atoms with Crippen molar-refractivity contribution in [2.45, 2.75) is 38.0 Å². The van der Waals surface area contributed by atoms with Crippen molar-refractivity contribution in [3.05, 3.63) is 23.8 Å². The fraction of sp³-hybridized carbons (Fsp3) is 0.538. The van der Waals surface area contributed by atoms with Crippen LogP contribution in [0.5, 0.6) is 5.75 Å². The van der Waals surface area contributed by atoms with E-state index in [0.29, 0.717) is 5.92 Å². The molecule has 1 rings (SSSR count).